The number of benzene rings is 1. The van der Waals surface area contributed by atoms with Crippen LogP contribution >= 0.6 is 0 Å². The van der Waals surface area contributed by atoms with Gasteiger partial charge < -0.3 is 19.9 Å². The molecular formula is C19H27NO5. The average molecular weight is 349 g/mol. The Morgan fingerprint density at radius 3 is 2.56 bits per heavy atom. The molecule has 1 aromatic rings. The smallest absolute Gasteiger partial charge is 0.330 e. The highest BCUT2D eigenvalue weighted by Gasteiger charge is 2.66. The predicted molar refractivity (Wildman–Crippen MR) is 93.8 cm³/mol. The fourth-order valence-electron chi connectivity index (χ4n) is 3.48. The maximum absolute atomic E-state index is 12.5. The molecule has 2 rings (SSSR count). The summed E-state index contributed by atoms with van der Waals surface area (Å²) >= 11 is 0. The van der Waals surface area contributed by atoms with Gasteiger partial charge >= 0.3 is 5.97 Å². The van der Waals surface area contributed by atoms with Gasteiger partial charge in [-0.2, -0.15) is 0 Å². The van der Waals surface area contributed by atoms with Crippen LogP contribution in [0, 0.1) is 12.3 Å². The normalized spacial score (nSPS) is 24.3. The van der Waals surface area contributed by atoms with Crippen molar-refractivity contribution in [1.82, 2.24) is 5.32 Å². The lowest BCUT2D eigenvalue weighted by Crippen LogP contribution is -2.76. The number of carboxylic acids is 1. The molecule has 2 unspecified atom stereocenters. The topological polar surface area (TPSA) is 84.9 Å². The molecule has 138 valence electrons. The lowest BCUT2D eigenvalue weighted by Gasteiger charge is -2.58. The van der Waals surface area contributed by atoms with Crippen LogP contribution in [0.15, 0.2) is 18.2 Å². The first-order chi connectivity index (χ1) is 11.7. The second-order valence-corrected chi connectivity index (χ2v) is 7.11. The van der Waals surface area contributed by atoms with Gasteiger partial charge in [0.2, 0.25) is 5.91 Å². The van der Waals surface area contributed by atoms with E-state index < -0.39 is 16.9 Å². The van der Waals surface area contributed by atoms with Crippen molar-refractivity contribution in [3.05, 3.63) is 29.3 Å². The number of carbonyl (C=O) groups is 2. The first-order valence-corrected chi connectivity index (χ1v) is 8.47. The van der Waals surface area contributed by atoms with Gasteiger partial charge in [-0.1, -0.05) is 26.0 Å². The van der Waals surface area contributed by atoms with E-state index in [4.69, 9.17) is 9.47 Å². The minimum Gasteiger partial charge on any atom is -0.496 e. The molecule has 0 saturated heterocycles. The van der Waals surface area contributed by atoms with E-state index in [0.717, 1.165) is 11.1 Å². The maximum atomic E-state index is 12.5. The minimum atomic E-state index is -1.31. The second kappa shape index (κ2) is 7.04. The van der Waals surface area contributed by atoms with E-state index in [1.807, 2.05) is 39.8 Å². The quantitative estimate of drug-likeness (QED) is 0.789. The van der Waals surface area contributed by atoms with Gasteiger partial charge in [0.25, 0.3) is 0 Å². The summed E-state index contributed by atoms with van der Waals surface area (Å²) in [5.74, 6) is -0.641. The van der Waals surface area contributed by atoms with E-state index in [1.165, 1.54) is 0 Å². The van der Waals surface area contributed by atoms with Gasteiger partial charge in [0.05, 0.1) is 19.6 Å². The van der Waals surface area contributed by atoms with Crippen molar-refractivity contribution in [2.45, 2.75) is 52.2 Å². The summed E-state index contributed by atoms with van der Waals surface area (Å²) in [7, 11) is 1.58. The van der Waals surface area contributed by atoms with Gasteiger partial charge in [0.15, 0.2) is 0 Å². The molecule has 6 nitrogen and oxygen atoms in total. The van der Waals surface area contributed by atoms with Gasteiger partial charge in [-0.05, 0) is 31.0 Å². The highest BCUT2D eigenvalue weighted by molar-refractivity contribution is 5.90. The Labute approximate surface area is 148 Å². The molecule has 1 amide bonds. The number of carbonyl (C=O) groups excluding carboxylic acids is 1. The number of hydrogen-bond acceptors (Lipinski definition) is 4. The Morgan fingerprint density at radius 1 is 1.36 bits per heavy atom. The molecule has 1 fully saturated rings. The van der Waals surface area contributed by atoms with Gasteiger partial charge in [0, 0.05) is 18.4 Å². The summed E-state index contributed by atoms with van der Waals surface area (Å²) in [6, 6.07) is 5.53. The third kappa shape index (κ3) is 3.35. The first-order valence-electron chi connectivity index (χ1n) is 8.47. The monoisotopic (exact) mass is 349 g/mol. The lowest BCUT2D eigenvalue weighted by molar-refractivity contribution is -0.194. The predicted octanol–water partition coefficient (Wildman–Crippen LogP) is 2.32. The van der Waals surface area contributed by atoms with E-state index >= 15 is 0 Å². The molecule has 0 aliphatic heterocycles. The molecule has 2 N–H and O–H groups in total. The van der Waals surface area contributed by atoms with Crippen molar-refractivity contribution >= 4 is 11.9 Å². The molecule has 2 atom stereocenters. The lowest BCUT2D eigenvalue weighted by atomic mass is 9.54. The molecule has 1 saturated carbocycles. The highest BCUT2D eigenvalue weighted by Crippen LogP contribution is 2.51. The number of ether oxygens (including phenoxy) is 2. The average Bonchev–Trinajstić information content (AvgIpc) is 2.55. The zero-order chi connectivity index (χ0) is 18.8. The summed E-state index contributed by atoms with van der Waals surface area (Å²) in [5, 5.41) is 12.5. The van der Waals surface area contributed by atoms with E-state index in [-0.39, 0.29) is 24.9 Å². The number of hydrogen-bond donors (Lipinski definition) is 2. The molecule has 0 aromatic heterocycles. The Morgan fingerprint density at radius 2 is 2.04 bits per heavy atom. The van der Waals surface area contributed by atoms with Crippen molar-refractivity contribution < 1.29 is 24.2 Å². The summed E-state index contributed by atoms with van der Waals surface area (Å²) in [6.45, 7) is 7.95. The number of methoxy groups -OCH3 is 1. The SMILES string of the molecule is CCOC1CC(NC(=O)Cc2ccc(C)c(OC)c2)(C(=O)O)C1(C)C. The summed E-state index contributed by atoms with van der Waals surface area (Å²) in [5.41, 5.74) is -0.235. The number of aryl methyl sites for hydroxylation is 1. The molecule has 0 spiro atoms. The summed E-state index contributed by atoms with van der Waals surface area (Å²) in [6.07, 6.45) is 0.182. The molecule has 25 heavy (non-hydrogen) atoms. The van der Waals surface area contributed by atoms with Crippen LogP contribution in [0.2, 0.25) is 0 Å². The van der Waals surface area contributed by atoms with Crippen LogP contribution in [0.3, 0.4) is 0 Å². The number of rotatable bonds is 7. The second-order valence-electron chi connectivity index (χ2n) is 7.11. The van der Waals surface area contributed by atoms with E-state index in [0.29, 0.717) is 12.4 Å². The first kappa shape index (κ1) is 19.2. The van der Waals surface area contributed by atoms with Gasteiger partial charge in [0.1, 0.15) is 11.3 Å². The Balaban J connectivity index is 2.13. The van der Waals surface area contributed by atoms with Crippen LogP contribution in [0.4, 0.5) is 0 Å². The van der Waals surface area contributed by atoms with Crippen LogP contribution < -0.4 is 10.1 Å². The van der Waals surface area contributed by atoms with Crippen molar-refractivity contribution in [3.8, 4) is 5.75 Å². The third-order valence-corrected chi connectivity index (χ3v) is 5.32. The third-order valence-electron chi connectivity index (χ3n) is 5.32. The van der Waals surface area contributed by atoms with Crippen LogP contribution in [-0.2, 0) is 20.7 Å². The fraction of sp³-hybridized carbons (Fsp3) is 0.579. The summed E-state index contributed by atoms with van der Waals surface area (Å²) < 4.78 is 10.9. The minimum absolute atomic E-state index is 0.0983. The number of amides is 1. The molecule has 0 heterocycles. The molecule has 1 aliphatic rings. The van der Waals surface area contributed by atoms with Crippen LogP contribution in [0.1, 0.15) is 38.3 Å². The van der Waals surface area contributed by atoms with Crippen molar-refractivity contribution in [1.29, 1.82) is 0 Å². The molecule has 0 radical (unpaired) electrons. The zero-order valence-corrected chi connectivity index (χ0v) is 15.5. The standard InChI is InChI=1S/C19H27NO5/c1-6-25-15-11-19(17(22)23,18(15,3)4)20-16(21)10-13-8-7-12(2)14(9-13)24-5/h7-9,15H,6,10-11H2,1-5H3,(H,20,21)(H,22,23). The maximum Gasteiger partial charge on any atom is 0.330 e. The largest absolute Gasteiger partial charge is 0.496 e. The molecular weight excluding hydrogens is 322 g/mol. The van der Waals surface area contributed by atoms with Crippen molar-refractivity contribution in [2.24, 2.45) is 5.41 Å². The Bertz CT molecular complexity index is 670. The van der Waals surface area contributed by atoms with Gasteiger partial charge in [-0.15, -0.1) is 0 Å². The van der Waals surface area contributed by atoms with Crippen LogP contribution in [-0.4, -0.2) is 42.3 Å². The van der Waals surface area contributed by atoms with E-state index in [2.05, 4.69) is 5.32 Å². The zero-order valence-electron chi connectivity index (χ0n) is 15.5. The van der Waals surface area contributed by atoms with Gasteiger partial charge in [-0.25, -0.2) is 4.79 Å². The molecule has 1 aromatic carbocycles. The Kier molecular flexibility index (Phi) is 5.42. The molecule has 6 heteroatoms. The fourth-order valence-corrected chi connectivity index (χ4v) is 3.48. The summed E-state index contributed by atoms with van der Waals surface area (Å²) in [4.78, 5) is 24.4. The van der Waals surface area contributed by atoms with E-state index in [1.54, 1.807) is 13.2 Å². The number of aliphatic carboxylic acids is 1. The van der Waals surface area contributed by atoms with Crippen LogP contribution in [0.5, 0.6) is 5.75 Å². The van der Waals surface area contributed by atoms with Gasteiger partial charge in [-0.3, -0.25) is 4.79 Å². The Hall–Kier alpha value is -2.08. The van der Waals surface area contributed by atoms with Crippen molar-refractivity contribution in [3.63, 3.8) is 0 Å². The molecule has 1 aliphatic carbocycles. The van der Waals surface area contributed by atoms with Crippen LogP contribution in [0.25, 0.3) is 0 Å². The van der Waals surface area contributed by atoms with E-state index in [9.17, 15) is 14.7 Å². The number of nitrogens with one attached hydrogen (secondary N) is 1. The van der Waals surface area contributed by atoms with Crippen molar-refractivity contribution in [2.75, 3.05) is 13.7 Å². The number of carboxylic acid groups (broad SMARTS) is 1. The highest BCUT2D eigenvalue weighted by atomic mass is 16.5. The molecule has 0 bridgehead atoms.